The van der Waals surface area contributed by atoms with Crippen molar-refractivity contribution in [2.24, 2.45) is 5.92 Å². The predicted octanol–water partition coefficient (Wildman–Crippen LogP) is 1.55. The molecule has 1 heterocycles. The number of rotatable bonds is 6. The van der Waals surface area contributed by atoms with Gasteiger partial charge in [-0.05, 0) is 20.3 Å². The molecule has 0 aromatic carbocycles. The lowest BCUT2D eigenvalue weighted by atomic mass is 10.1. The predicted molar refractivity (Wildman–Crippen MR) is 67.5 cm³/mol. The van der Waals surface area contributed by atoms with Gasteiger partial charge in [0.2, 0.25) is 11.8 Å². The van der Waals surface area contributed by atoms with Gasteiger partial charge in [-0.15, -0.1) is 0 Å². The smallest absolute Gasteiger partial charge is 0.225 e. The van der Waals surface area contributed by atoms with Crippen molar-refractivity contribution in [3.8, 4) is 0 Å². The Morgan fingerprint density at radius 2 is 2.18 bits per heavy atom. The van der Waals surface area contributed by atoms with E-state index in [0.717, 1.165) is 25.8 Å². The fourth-order valence-corrected chi connectivity index (χ4v) is 2.14. The summed E-state index contributed by atoms with van der Waals surface area (Å²) in [5.74, 6) is -0.00200. The molecule has 1 aliphatic heterocycles. The summed E-state index contributed by atoms with van der Waals surface area (Å²) in [4.78, 5) is 25.3. The fraction of sp³-hybridized carbons (Fsp3) is 0.846. The van der Waals surface area contributed by atoms with Crippen LogP contribution in [0.5, 0.6) is 0 Å². The maximum Gasteiger partial charge on any atom is 0.225 e. The first-order valence-corrected chi connectivity index (χ1v) is 6.63. The van der Waals surface area contributed by atoms with Crippen LogP contribution in [0.2, 0.25) is 0 Å². The SMILES string of the molecule is CCCCCNC(=O)[C@H]1CC(=O)N(C(C)C)C1. The summed E-state index contributed by atoms with van der Waals surface area (Å²) in [6.45, 7) is 7.42. The minimum atomic E-state index is -0.147. The van der Waals surface area contributed by atoms with Gasteiger partial charge in [-0.25, -0.2) is 0 Å². The van der Waals surface area contributed by atoms with E-state index in [2.05, 4.69) is 12.2 Å². The highest BCUT2D eigenvalue weighted by Crippen LogP contribution is 2.20. The third-order valence-corrected chi connectivity index (χ3v) is 3.23. The van der Waals surface area contributed by atoms with Crippen LogP contribution in [0.1, 0.15) is 46.5 Å². The van der Waals surface area contributed by atoms with Gasteiger partial charge >= 0.3 is 0 Å². The van der Waals surface area contributed by atoms with Crippen LogP contribution < -0.4 is 5.32 Å². The molecule has 1 atom stereocenters. The van der Waals surface area contributed by atoms with Crippen molar-refractivity contribution in [3.05, 3.63) is 0 Å². The molecule has 98 valence electrons. The van der Waals surface area contributed by atoms with Crippen LogP contribution in [-0.4, -0.2) is 35.8 Å². The van der Waals surface area contributed by atoms with Gasteiger partial charge in [-0.1, -0.05) is 19.8 Å². The summed E-state index contributed by atoms with van der Waals surface area (Å²) in [5.41, 5.74) is 0. The zero-order valence-corrected chi connectivity index (χ0v) is 11.2. The molecule has 0 aromatic rings. The second kappa shape index (κ2) is 6.62. The molecule has 0 bridgehead atoms. The number of unbranched alkanes of at least 4 members (excludes halogenated alkanes) is 2. The quantitative estimate of drug-likeness (QED) is 0.716. The van der Waals surface area contributed by atoms with Gasteiger partial charge in [0.05, 0.1) is 5.92 Å². The number of carbonyl (C=O) groups excluding carboxylic acids is 2. The van der Waals surface area contributed by atoms with E-state index in [4.69, 9.17) is 0 Å². The van der Waals surface area contributed by atoms with E-state index in [1.54, 1.807) is 4.90 Å². The maximum atomic E-state index is 11.8. The molecule has 1 fully saturated rings. The second-order valence-corrected chi connectivity index (χ2v) is 5.04. The zero-order chi connectivity index (χ0) is 12.8. The van der Waals surface area contributed by atoms with Crippen LogP contribution in [0.3, 0.4) is 0 Å². The van der Waals surface area contributed by atoms with E-state index in [1.165, 1.54) is 0 Å². The maximum absolute atomic E-state index is 11.8. The summed E-state index contributed by atoms with van der Waals surface area (Å²) >= 11 is 0. The average molecular weight is 240 g/mol. The topological polar surface area (TPSA) is 49.4 Å². The van der Waals surface area contributed by atoms with Gasteiger partial charge in [-0.2, -0.15) is 0 Å². The van der Waals surface area contributed by atoms with Crippen molar-refractivity contribution in [3.63, 3.8) is 0 Å². The molecule has 1 saturated heterocycles. The van der Waals surface area contributed by atoms with Gasteiger partial charge in [-0.3, -0.25) is 9.59 Å². The Balaban J connectivity index is 2.32. The third kappa shape index (κ3) is 4.02. The minimum absolute atomic E-state index is 0.0394. The Labute approximate surface area is 104 Å². The summed E-state index contributed by atoms with van der Waals surface area (Å²) in [6.07, 6.45) is 3.69. The first-order valence-electron chi connectivity index (χ1n) is 6.63. The van der Waals surface area contributed by atoms with Gasteiger partial charge in [0.1, 0.15) is 0 Å². The van der Waals surface area contributed by atoms with Gasteiger partial charge in [0, 0.05) is 25.6 Å². The summed E-state index contributed by atoms with van der Waals surface area (Å²) < 4.78 is 0. The molecule has 0 unspecified atom stereocenters. The average Bonchev–Trinajstić information content (AvgIpc) is 2.66. The Morgan fingerprint density at radius 3 is 2.71 bits per heavy atom. The number of hydrogen-bond donors (Lipinski definition) is 1. The lowest BCUT2D eigenvalue weighted by Crippen LogP contribution is -2.35. The fourth-order valence-electron chi connectivity index (χ4n) is 2.14. The van der Waals surface area contributed by atoms with Crippen molar-refractivity contribution >= 4 is 11.8 Å². The number of hydrogen-bond acceptors (Lipinski definition) is 2. The van der Waals surface area contributed by atoms with Crippen molar-refractivity contribution in [1.29, 1.82) is 0 Å². The molecule has 0 spiro atoms. The van der Waals surface area contributed by atoms with Gasteiger partial charge in [0.25, 0.3) is 0 Å². The van der Waals surface area contributed by atoms with Gasteiger partial charge in [0.15, 0.2) is 0 Å². The van der Waals surface area contributed by atoms with Crippen LogP contribution in [0.4, 0.5) is 0 Å². The van der Waals surface area contributed by atoms with E-state index >= 15 is 0 Å². The molecule has 4 nitrogen and oxygen atoms in total. The molecule has 0 aliphatic carbocycles. The Hall–Kier alpha value is -1.06. The molecule has 1 rings (SSSR count). The zero-order valence-electron chi connectivity index (χ0n) is 11.2. The monoisotopic (exact) mass is 240 g/mol. The number of nitrogens with zero attached hydrogens (tertiary/aromatic N) is 1. The largest absolute Gasteiger partial charge is 0.356 e. The highest BCUT2D eigenvalue weighted by Gasteiger charge is 2.35. The van der Waals surface area contributed by atoms with E-state index in [0.29, 0.717) is 13.0 Å². The van der Waals surface area contributed by atoms with Crippen molar-refractivity contribution in [1.82, 2.24) is 10.2 Å². The molecule has 1 aliphatic rings. The molecular formula is C13H24N2O2. The van der Waals surface area contributed by atoms with E-state index < -0.39 is 0 Å². The third-order valence-electron chi connectivity index (χ3n) is 3.23. The molecular weight excluding hydrogens is 216 g/mol. The highest BCUT2D eigenvalue weighted by atomic mass is 16.2. The van der Waals surface area contributed by atoms with Crippen LogP contribution in [0.25, 0.3) is 0 Å². The van der Waals surface area contributed by atoms with Crippen LogP contribution in [-0.2, 0) is 9.59 Å². The number of amides is 2. The standard InChI is InChI=1S/C13H24N2O2/c1-4-5-6-7-14-13(17)11-8-12(16)15(9-11)10(2)3/h10-11H,4-9H2,1-3H3,(H,14,17)/t11-/m0/s1. The van der Waals surface area contributed by atoms with Crippen molar-refractivity contribution in [2.45, 2.75) is 52.5 Å². The van der Waals surface area contributed by atoms with E-state index in [9.17, 15) is 9.59 Å². The van der Waals surface area contributed by atoms with Crippen molar-refractivity contribution in [2.75, 3.05) is 13.1 Å². The van der Waals surface area contributed by atoms with Crippen molar-refractivity contribution < 1.29 is 9.59 Å². The molecule has 2 amide bonds. The number of nitrogens with one attached hydrogen (secondary N) is 1. The summed E-state index contributed by atoms with van der Waals surface area (Å²) in [6, 6.07) is 0.195. The molecule has 0 saturated carbocycles. The summed E-state index contributed by atoms with van der Waals surface area (Å²) in [7, 11) is 0. The summed E-state index contributed by atoms with van der Waals surface area (Å²) in [5, 5.41) is 2.92. The van der Waals surface area contributed by atoms with Crippen LogP contribution >= 0.6 is 0 Å². The number of carbonyl (C=O) groups is 2. The normalized spacial score (nSPS) is 20.1. The highest BCUT2D eigenvalue weighted by molar-refractivity contribution is 5.89. The van der Waals surface area contributed by atoms with E-state index in [-0.39, 0.29) is 23.8 Å². The minimum Gasteiger partial charge on any atom is -0.356 e. The first kappa shape index (κ1) is 14.0. The Morgan fingerprint density at radius 1 is 1.47 bits per heavy atom. The molecule has 17 heavy (non-hydrogen) atoms. The lowest BCUT2D eigenvalue weighted by molar-refractivity contribution is -0.129. The first-order chi connectivity index (χ1) is 8.06. The Kier molecular flexibility index (Phi) is 5.45. The molecule has 4 heteroatoms. The number of likely N-dealkylation sites (tertiary alicyclic amines) is 1. The van der Waals surface area contributed by atoms with E-state index in [1.807, 2.05) is 13.8 Å². The molecule has 0 aromatic heterocycles. The Bertz CT molecular complexity index is 277. The van der Waals surface area contributed by atoms with Crippen LogP contribution in [0, 0.1) is 5.92 Å². The molecule has 1 N–H and O–H groups in total. The lowest BCUT2D eigenvalue weighted by Gasteiger charge is -2.20. The van der Waals surface area contributed by atoms with Gasteiger partial charge < -0.3 is 10.2 Å². The van der Waals surface area contributed by atoms with Crippen LogP contribution in [0.15, 0.2) is 0 Å². The molecule has 0 radical (unpaired) electrons. The second-order valence-electron chi connectivity index (χ2n) is 5.04.